The van der Waals surface area contributed by atoms with Gasteiger partial charge in [0.25, 0.3) is 0 Å². The van der Waals surface area contributed by atoms with Gasteiger partial charge in [0.1, 0.15) is 23.9 Å². The van der Waals surface area contributed by atoms with Gasteiger partial charge in [0.05, 0.1) is 23.9 Å². The summed E-state index contributed by atoms with van der Waals surface area (Å²) in [5.41, 5.74) is -0.908. The number of nitrogens with one attached hydrogen (secondary N) is 1. The van der Waals surface area contributed by atoms with Gasteiger partial charge in [-0.2, -0.15) is 0 Å². The van der Waals surface area contributed by atoms with E-state index in [1.165, 1.54) is 6.20 Å². The molecule has 0 spiro atoms. The Hall–Kier alpha value is -0.670. The molecule has 21 heavy (non-hydrogen) atoms. The zero-order valence-corrected chi connectivity index (χ0v) is 12.3. The van der Waals surface area contributed by atoms with Gasteiger partial charge < -0.3 is 30.1 Å². The highest BCUT2D eigenvalue weighted by Crippen LogP contribution is 2.38. The third kappa shape index (κ3) is 2.49. The Labute approximate surface area is 130 Å². The van der Waals surface area contributed by atoms with E-state index in [1.807, 2.05) is 0 Å². The SMILES string of the molecule is OC[C@@]12CO[C@@H](O1)[C@H](Nc1cc(Cl)cnc1Cl)[C@@H](O)[C@H]2O. The van der Waals surface area contributed by atoms with Crippen molar-refractivity contribution < 1.29 is 24.8 Å². The standard InChI is InChI=1S/C12H14Cl2N2O5/c13-5-1-6(10(14)15-2-5)16-7-8(18)9(19)12(3-17)4-20-11(7)21-12/h1-2,7-9,11,16-19H,3-4H2/t7-,8-,9-,11+,12+/m1/s1. The first-order valence-electron chi connectivity index (χ1n) is 6.31. The van der Waals surface area contributed by atoms with Gasteiger partial charge in [-0.1, -0.05) is 23.2 Å². The number of hydrogen-bond donors (Lipinski definition) is 4. The third-order valence-electron chi connectivity index (χ3n) is 3.76. The number of aliphatic hydroxyl groups is 3. The largest absolute Gasteiger partial charge is 0.393 e. The normalized spacial score (nSPS) is 38.5. The van der Waals surface area contributed by atoms with E-state index in [9.17, 15) is 15.3 Å². The Morgan fingerprint density at radius 3 is 2.90 bits per heavy atom. The van der Waals surface area contributed by atoms with Gasteiger partial charge in [-0.25, -0.2) is 4.98 Å². The summed E-state index contributed by atoms with van der Waals surface area (Å²) in [6.45, 7) is -0.458. The fourth-order valence-electron chi connectivity index (χ4n) is 2.56. The Balaban J connectivity index is 1.85. The molecule has 0 aromatic carbocycles. The number of fused-ring (bicyclic) bond motifs is 2. The maximum Gasteiger partial charge on any atom is 0.181 e. The van der Waals surface area contributed by atoms with Crippen LogP contribution in [-0.2, 0) is 9.47 Å². The first kappa shape index (κ1) is 15.2. The van der Waals surface area contributed by atoms with E-state index in [-0.39, 0.29) is 11.8 Å². The number of aliphatic hydroxyl groups excluding tert-OH is 3. The molecule has 1 aromatic heterocycles. The lowest BCUT2D eigenvalue weighted by Crippen LogP contribution is -2.64. The third-order valence-corrected chi connectivity index (χ3v) is 4.27. The fourth-order valence-corrected chi connectivity index (χ4v) is 2.87. The molecule has 0 aliphatic carbocycles. The summed E-state index contributed by atoms with van der Waals surface area (Å²) in [5, 5.41) is 33.2. The fraction of sp³-hybridized carbons (Fsp3) is 0.583. The molecule has 9 heteroatoms. The van der Waals surface area contributed by atoms with E-state index in [4.69, 9.17) is 32.7 Å². The van der Waals surface area contributed by atoms with Gasteiger partial charge >= 0.3 is 0 Å². The van der Waals surface area contributed by atoms with Crippen molar-refractivity contribution >= 4 is 28.9 Å². The molecule has 7 nitrogen and oxygen atoms in total. The van der Waals surface area contributed by atoms with E-state index in [2.05, 4.69) is 10.3 Å². The van der Waals surface area contributed by atoms with Crippen LogP contribution in [-0.4, -0.2) is 63.7 Å². The molecule has 0 radical (unpaired) electrons. The van der Waals surface area contributed by atoms with Gasteiger partial charge in [-0.3, -0.25) is 0 Å². The predicted octanol–water partition coefficient (Wildman–Crippen LogP) is 0.00830. The quantitative estimate of drug-likeness (QED) is 0.576. The second-order valence-electron chi connectivity index (χ2n) is 5.12. The molecule has 2 aliphatic heterocycles. The summed E-state index contributed by atoms with van der Waals surface area (Å²) < 4.78 is 10.9. The number of halogens is 2. The molecule has 0 saturated carbocycles. The number of ether oxygens (including phenoxy) is 2. The van der Waals surface area contributed by atoms with Crippen LogP contribution in [0.4, 0.5) is 5.69 Å². The molecular weight excluding hydrogens is 323 g/mol. The van der Waals surface area contributed by atoms with Crippen molar-refractivity contribution in [2.45, 2.75) is 30.1 Å². The Morgan fingerprint density at radius 2 is 2.19 bits per heavy atom. The maximum atomic E-state index is 10.3. The molecule has 0 unspecified atom stereocenters. The molecular formula is C12H14Cl2N2O5. The van der Waals surface area contributed by atoms with E-state index >= 15 is 0 Å². The minimum atomic E-state index is -1.30. The number of anilines is 1. The maximum absolute atomic E-state index is 10.3. The Bertz CT molecular complexity index is 548. The average molecular weight is 337 g/mol. The minimum Gasteiger partial charge on any atom is -0.393 e. The highest BCUT2D eigenvalue weighted by Gasteiger charge is 2.59. The summed E-state index contributed by atoms with van der Waals surface area (Å²) in [4.78, 5) is 3.88. The first-order valence-corrected chi connectivity index (χ1v) is 7.06. The van der Waals surface area contributed by atoms with Crippen molar-refractivity contribution in [3.63, 3.8) is 0 Å². The van der Waals surface area contributed by atoms with Crippen LogP contribution in [0.5, 0.6) is 0 Å². The molecule has 4 N–H and O–H groups in total. The van der Waals surface area contributed by atoms with Crippen LogP contribution >= 0.6 is 23.2 Å². The summed E-state index contributed by atoms with van der Waals surface area (Å²) >= 11 is 11.8. The van der Waals surface area contributed by atoms with Crippen molar-refractivity contribution in [1.29, 1.82) is 0 Å². The van der Waals surface area contributed by atoms with Crippen LogP contribution in [0.15, 0.2) is 12.3 Å². The van der Waals surface area contributed by atoms with Crippen LogP contribution in [0.3, 0.4) is 0 Å². The monoisotopic (exact) mass is 336 g/mol. The number of pyridine rings is 1. The molecule has 2 bridgehead atoms. The lowest BCUT2D eigenvalue weighted by Gasteiger charge is -2.42. The summed E-state index contributed by atoms with van der Waals surface area (Å²) in [6, 6.07) is 0.763. The average Bonchev–Trinajstić information content (AvgIpc) is 2.88. The molecule has 116 valence electrons. The molecule has 0 amide bonds. The molecule has 3 heterocycles. The van der Waals surface area contributed by atoms with Crippen LogP contribution < -0.4 is 5.32 Å². The first-order chi connectivity index (χ1) is 9.97. The Morgan fingerprint density at radius 1 is 1.43 bits per heavy atom. The summed E-state index contributed by atoms with van der Waals surface area (Å²) in [5.74, 6) is 0. The van der Waals surface area contributed by atoms with Crippen molar-refractivity contribution in [2.75, 3.05) is 18.5 Å². The van der Waals surface area contributed by atoms with Gasteiger partial charge in [0.15, 0.2) is 11.4 Å². The number of rotatable bonds is 3. The van der Waals surface area contributed by atoms with Crippen molar-refractivity contribution in [3.05, 3.63) is 22.4 Å². The van der Waals surface area contributed by atoms with E-state index < -0.39 is 36.7 Å². The van der Waals surface area contributed by atoms with Crippen molar-refractivity contribution in [3.8, 4) is 0 Å². The number of hydrogen-bond acceptors (Lipinski definition) is 7. The van der Waals surface area contributed by atoms with Crippen LogP contribution in [0.1, 0.15) is 0 Å². The highest BCUT2D eigenvalue weighted by molar-refractivity contribution is 6.34. The van der Waals surface area contributed by atoms with Crippen molar-refractivity contribution in [1.82, 2.24) is 4.98 Å². The van der Waals surface area contributed by atoms with Gasteiger partial charge in [0.2, 0.25) is 0 Å². The topological polar surface area (TPSA) is 104 Å². The smallest absolute Gasteiger partial charge is 0.181 e. The van der Waals surface area contributed by atoms with E-state index in [0.29, 0.717) is 10.7 Å². The highest BCUT2D eigenvalue weighted by atomic mass is 35.5. The van der Waals surface area contributed by atoms with Gasteiger partial charge in [0, 0.05) is 6.20 Å². The molecule has 5 atom stereocenters. The molecule has 2 saturated heterocycles. The minimum absolute atomic E-state index is 0.00784. The van der Waals surface area contributed by atoms with Gasteiger partial charge in [-0.15, -0.1) is 0 Å². The van der Waals surface area contributed by atoms with Crippen LogP contribution in [0, 0.1) is 0 Å². The lowest BCUT2D eigenvalue weighted by atomic mass is 9.88. The van der Waals surface area contributed by atoms with Gasteiger partial charge in [-0.05, 0) is 6.07 Å². The van der Waals surface area contributed by atoms with Crippen LogP contribution in [0.2, 0.25) is 10.2 Å². The molecule has 1 aromatic rings. The Kier molecular flexibility index (Phi) is 4.00. The van der Waals surface area contributed by atoms with Crippen LogP contribution in [0.25, 0.3) is 0 Å². The predicted molar refractivity (Wildman–Crippen MR) is 74.3 cm³/mol. The zero-order valence-electron chi connectivity index (χ0n) is 10.7. The zero-order chi connectivity index (χ0) is 15.2. The lowest BCUT2D eigenvalue weighted by molar-refractivity contribution is -0.224. The second-order valence-corrected chi connectivity index (χ2v) is 5.91. The van der Waals surface area contributed by atoms with Crippen molar-refractivity contribution in [2.24, 2.45) is 0 Å². The number of aromatic nitrogens is 1. The van der Waals surface area contributed by atoms with E-state index in [1.54, 1.807) is 6.07 Å². The summed E-state index contributed by atoms with van der Waals surface area (Å²) in [6.07, 6.45) is -1.95. The number of nitrogens with zero attached hydrogens (tertiary/aromatic N) is 1. The van der Waals surface area contributed by atoms with E-state index in [0.717, 1.165) is 0 Å². The molecule has 2 aliphatic rings. The molecule has 2 fully saturated rings. The molecule has 3 rings (SSSR count). The summed E-state index contributed by atoms with van der Waals surface area (Å²) in [7, 11) is 0. The second kappa shape index (κ2) is 5.51.